The van der Waals surface area contributed by atoms with E-state index >= 15 is 0 Å². The fourth-order valence-electron chi connectivity index (χ4n) is 1.79. The van der Waals surface area contributed by atoms with Gasteiger partial charge in [-0.2, -0.15) is 20.1 Å². The molecule has 3 rings (SSSR count). The molecular formula is C14H12ClN5O. The van der Waals surface area contributed by atoms with Crippen LogP contribution in [0.25, 0.3) is 5.95 Å². The van der Waals surface area contributed by atoms with E-state index in [-0.39, 0.29) is 11.3 Å². The molecule has 3 aromatic rings. The summed E-state index contributed by atoms with van der Waals surface area (Å²) < 4.78 is 7.21. The maximum atomic E-state index is 5.92. The molecule has 0 spiro atoms. The molecule has 0 amide bonds. The van der Waals surface area contributed by atoms with Gasteiger partial charge in [0.1, 0.15) is 5.75 Å². The monoisotopic (exact) mass is 301 g/mol. The van der Waals surface area contributed by atoms with Crippen molar-refractivity contribution >= 4 is 11.6 Å². The van der Waals surface area contributed by atoms with Crippen molar-refractivity contribution in [3.63, 3.8) is 0 Å². The highest BCUT2D eigenvalue weighted by molar-refractivity contribution is 6.28. The third-order valence-corrected chi connectivity index (χ3v) is 3.21. The Morgan fingerprint density at radius 1 is 1.10 bits per heavy atom. The van der Waals surface area contributed by atoms with E-state index in [1.807, 2.05) is 32.0 Å². The van der Waals surface area contributed by atoms with Gasteiger partial charge < -0.3 is 4.74 Å². The zero-order valence-electron chi connectivity index (χ0n) is 11.5. The first-order valence-corrected chi connectivity index (χ1v) is 6.67. The number of hydrogen-bond acceptors (Lipinski definition) is 5. The molecule has 0 radical (unpaired) electrons. The summed E-state index contributed by atoms with van der Waals surface area (Å²) in [6.07, 6.45) is 3.34. The predicted molar refractivity (Wildman–Crippen MR) is 77.9 cm³/mol. The average Bonchev–Trinajstić information content (AvgIpc) is 2.97. The number of halogens is 1. The Balaban J connectivity index is 1.98. The van der Waals surface area contributed by atoms with Gasteiger partial charge in [-0.3, -0.25) is 0 Å². The van der Waals surface area contributed by atoms with Gasteiger partial charge >= 0.3 is 6.01 Å². The Kier molecular flexibility index (Phi) is 3.53. The minimum atomic E-state index is 0.0517. The van der Waals surface area contributed by atoms with Crippen LogP contribution in [0, 0.1) is 13.8 Å². The second kappa shape index (κ2) is 5.49. The maximum absolute atomic E-state index is 5.92. The number of benzene rings is 1. The summed E-state index contributed by atoms with van der Waals surface area (Å²) in [5, 5.41) is 4.11. The second-order valence-corrected chi connectivity index (χ2v) is 4.78. The molecular weight excluding hydrogens is 290 g/mol. The van der Waals surface area contributed by atoms with E-state index in [1.54, 1.807) is 18.5 Å². The normalized spacial score (nSPS) is 10.6. The smallest absolute Gasteiger partial charge is 0.328 e. The first-order valence-electron chi connectivity index (χ1n) is 6.29. The molecule has 0 atom stereocenters. The van der Waals surface area contributed by atoms with Crippen LogP contribution in [0.5, 0.6) is 11.8 Å². The molecule has 7 heteroatoms. The van der Waals surface area contributed by atoms with E-state index in [1.165, 1.54) is 4.68 Å². The van der Waals surface area contributed by atoms with Crippen LogP contribution in [0.2, 0.25) is 5.28 Å². The van der Waals surface area contributed by atoms with Gasteiger partial charge in [-0.15, -0.1) is 0 Å². The third-order valence-electron chi connectivity index (χ3n) is 3.04. The summed E-state index contributed by atoms with van der Waals surface area (Å²) in [7, 11) is 0. The highest BCUT2D eigenvalue weighted by atomic mass is 35.5. The van der Waals surface area contributed by atoms with Gasteiger partial charge in [0.25, 0.3) is 5.95 Å². The first-order chi connectivity index (χ1) is 10.1. The minimum Gasteiger partial charge on any atom is -0.424 e. The van der Waals surface area contributed by atoms with Crippen molar-refractivity contribution < 1.29 is 4.74 Å². The zero-order valence-corrected chi connectivity index (χ0v) is 12.2. The second-order valence-electron chi connectivity index (χ2n) is 4.44. The Morgan fingerprint density at radius 2 is 1.95 bits per heavy atom. The maximum Gasteiger partial charge on any atom is 0.328 e. The van der Waals surface area contributed by atoms with Crippen molar-refractivity contribution in [2.24, 2.45) is 0 Å². The van der Waals surface area contributed by atoms with Crippen molar-refractivity contribution in [2.45, 2.75) is 13.8 Å². The van der Waals surface area contributed by atoms with Gasteiger partial charge in [0.2, 0.25) is 5.28 Å². The van der Waals surface area contributed by atoms with Crippen LogP contribution in [0.4, 0.5) is 0 Å². The van der Waals surface area contributed by atoms with E-state index in [9.17, 15) is 0 Å². The molecule has 106 valence electrons. The van der Waals surface area contributed by atoms with Crippen LogP contribution in [0.3, 0.4) is 0 Å². The summed E-state index contributed by atoms with van der Waals surface area (Å²) >= 11 is 5.92. The lowest BCUT2D eigenvalue weighted by Gasteiger charge is -2.09. The molecule has 0 bridgehead atoms. The van der Waals surface area contributed by atoms with Gasteiger partial charge in [0.15, 0.2) is 0 Å². The molecule has 2 heterocycles. The highest BCUT2D eigenvalue weighted by Gasteiger charge is 2.10. The Labute approximate surface area is 126 Å². The number of aryl methyl sites for hydroxylation is 1. The molecule has 0 aliphatic heterocycles. The highest BCUT2D eigenvalue weighted by Crippen LogP contribution is 2.25. The van der Waals surface area contributed by atoms with Gasteiger partial charge in [-0.1, -0.05) is 12.1 Å². The lowest BCUT2D eigenvalue weighted by Crippen LogP contribution is -2.05. The van der Waals surface area contributed by atoms with Crippen molar-refractivity contribution in [2.75, 3.05) is 0 Å². The van der Waals surface area contributed by atoms with Gasteiger partial charge in [0.05, 0.1) is 0 Å². The van der Waals surface area contributed by atoms with Crippen LogP contribution in [0.15, 0.2) is 36.7 Å². The van der Waals surface area contributed by atoms with Crippen molar-refractivity contribution in [3.8, 4) is 17.7 Å². The fraction of sp³-hybridized carbons (Fsp3) is 0.143. The average molecular weight is 302 g/mol. The molecule has 1 aromatic carbocycles. The van der Waals surface area contributed by atoms with Gasteiger partial charge in [-0.25, -0.2) is 4.68 Å². The van der Waals surface area contributed by atoms with Gasteiger partial charge in [-0.05, 0) is 48.7 Å². The van der Waals surface area contributed by atoms with Crippen LogP contribution >= 0.6 is 11.6 Å². The molecule has 0 saturated heterocycles. The molecule has 21 heavy (non-hydrogen) atoms. The Morgan fingerprint density at radius 3 is 2.71 bits per heavy atom. The molecule has 0 N–H and O–H groups in total. The van der Waals surface area contributed by atoms with E-state index in [2.05, 4.69) is 20.1 Å². The van der Waals surface area contributed by atoms with Crippen LogP contribution in [-0.2, 0) is 0 Å². The lowest BCUT2D eigenvalue weighted by atomic mass is 10.1. The summed E-state index contributed by atoms with van der Waals surface area (Å²) in [6.45, 7) is 3.99. The van der Waals surface area contributed by atoms with Crippen LogP contribution in [0.1, 0.15) is 11.1 Å². The SMILES string of the molecule is Cc1cccc(Oc2nc(Cl)nc(-n3cccn3)n2)c1C. The van der Waals surface area contributed by atoms with E-state index in [0.717, 1.165) is 11.1 Å². The predicted octanol–water partition coefficient (Wildman–Crippen LogP) is 3.12. The largest absolute Gasteiger partial charge is 0.424 e. The molecule has 0 unspecified atom stereocenters. The zero-order chi connectivity index (χ0) is 14.8. The number of ether oxygens (including phenoxy) is 1. The summed E-state index contributed by atoms with van der Waals surface area (Å²) in [5.41, 5.74) is 2.15. The van der Waals surface area contributed by atoms with Crippen molar-refractivity contribution in [1.82, 2.24) is 24.7 Å². The molecule has 2 aromatic heterocycles. The van der Waals surface area contributed by atoms with Crippen molar-refractivity contribution in [3.05, 3.63) is 53.1 Å². The first kappa shape index (κ1) is 13.5. The Bertz CT molecular complexity index is 773. The minimum absolute atomic E-state index is 0.0517. The van der Waals surface area contributed by atoms with E-state index in [4.69, 9.17) is 16.3 Å². The number of rotatable bonds is 3. The lowest BCUT2D eigenvalue weighted by molar-refractivity contribution is 0.434. The molecule has 0 aliphatic rings. The summed E-state index contributed by atoms with van der Waals surface area (Å²) in [6, 6.07) is 7.68. The standard InChI is InChI=1S/C14H12ClN5O/c1-9-5-3-6-11(10(9)2)21-14-18-12(15)17-13(19-14)20-8-4-7-16-20/h3-8H,1-2H3. The Hall–Kier alpha value is -2.47. The summed E-state index contributed by atoms with van der Waals surface area (Å²) in [4.78, 5) is 12.2. The summed E-state index contributed by atoms with van der Waals surface area (Å²) in [5.74, 6) is 0.990. The fourth-order valence-corrected chi connectivity index (χ4v) is 1.94. The quantitative estimate of drug-likeness (QED) is 0.743. The van der Waals surface area contributed by atoms with Crippen LogP contribution in [-0.4, -0.2) is 24.7 Å². The van der Waals surface area contributed by atoms with E-state index < -0.39 is 0 Å². The van der Waals surface area contributed by atoms with Crippen LogP contribution < -0.4 is 4.74 Å². The number of hydrogen-bond donors (Lipinski definition) is 0. The molecule has 0 fully saturated rings. The van der Waals surface area contributed by atoms with E-state index in [0.29, 0.717) is 11.7 Å². The van der Waals surface area contributed by atoms with Gasteiger partial charge in [0, 0.05) is 12.4 Å². The van der Waals surface area contributed by atoms with Crippen molar-refractivity contribution in [1.29, 1.82) is 0 Å². The number of nitrogens with zero attached hydrogens (tertiary/aromatic N) is 5. The topological polar surface area (TPSA) is 65.7 Å². The molecule has 0 aliphatic carbocycles. The third kappa shape index (κ3) is 2.85. The molecule has 6 nitrogen and oxygen atoms in total. The molecule has 0 saturated carbocycles. The number of aromatic nitrogens is 5.